The second-order valence-corrected chi connectivity index (χ2v) is 18.1. The monoisotopic (exact) mass is 822 g/mol. The molecule has 0 radical (unpaired) electrons. The van der Waals surface area contributed by atoms with Crippen LogP contribution in [0.25, 0.3) is 84.0 Å². The minimum atomic E-state index is -0.0827. The minimum Gasteiger partial charge on any atom is -0.0660 e. The zero-order valence-electron chi connectivity index (χ0n) is 37.5. The van der Waals surface area contributed by atoms with Crippen LogP contribution in [-0.4, -0.2) is 0 Å². The van der Waals surface area contributed by atoms with Crippen molar-refractivity contribution in [3.05, 3.63) is 233 Å². The summed E-state index contributed by atoms with van der Waals surface area (Å²) < 4.78 is 0. The molecular formula is C64H54. The third-order valence-electron chi connectivity index (χ3n) is 15.2. The summed E-state index contributed by atoms with van der Waals surface area (Å²) in [5.74, 6) is 0. The molecule has 0 heteroatoms. The first-order chi connectivity index (χ1) is 31.5. The van der Waals surface area contributed by atoms with Gasteiger partial charge in [-0.2, -0.15) is 0 Å². The summed E-state index contributed by atoms with van der Waals surface area (Å²) in [5.41, 5.74) is 23.6. The van der Waals surface area contributed by atoms with Gasteiger partial charge in [0.1, 0.15) is 0 Å². The molecule has 8 aromatic carbocycles. The Balaban J connectivity index is 1.03. The van der Waals surface area contributed by atoms with E-state index < -0.39 is 0 Å². The molecule has 0 amide bonds. The summed E-state index contributed by atoms with van der Waals surface area (Å²) in [6, 6.07) is 70.1. The second-order valence-electron chi connectivity index (χ2n) is 18.1. The lowest BCUT2D eigenvalue weighted by molar-refractivity contribution is 0.473. The number of benzene rings is 8. The summed E-state index contributed by atoms with van der Waals surface area (Å²) in [6.07, 6.45) is 11.8. The van der Waals surface area contributed by atoms with Crippen molar-refractivity contribution in [1.29, 1.82) is 0 Å². The van der Waals surface area contributed by atoms with Crippen molar-refractivity contribution in [3.8, 4) is 66.8 Å². The third kappa shape index (κ3) is 6.34. The van der Waals surface area contributed by atoms with Crippen molar-refractivity contribution in [2.45, 2.75) is 58.8 Å². The Bertz CT molecular complexity index is 3260. The molecule has 3 aliphatic rings. The van der Waals surface area contributed by atoms with E-state index in [1.54, 1.807) is 0 Å². The standard InChI is InChI=1S/C64H54/c1-5-63(6-2)42-52(48-30-33-54(44-23-15-10-16-24-44)57(38-48)46-27-19-12-20-28-46)36-51-35-50-40-61-59(41-58(50)62(51)63)55-34-31-49(39-60(55)64(61,7-3)8-4)47-29-32-53(43-21-13-9-14-22-43)56(37-47)45-25-17-11-18-26-45/h9-42H,5-8H2,1-4H3. The predicted molar refractivity (Wildman–Crippen MR) is 273 cm³/mol. The first-order valence-corrected chi connectivity index (χ1v) is 23.5. The maximum Gasteiger partial charge on any atom is 0.0210 e. The molecule has 0 spiro atoms. The maximum atomic E-state index is 2.61. The highest BCUT2D eigenvalue weighted by molar-refractivity contribution is 5.98. The molecule has 0 N–H and O–H groups in total. The van der Waals surface area contributed by atoms with Crippen LogP contribution >= 0.6 is 0 Å². The molecule has 0 aromatic heterocycles. The SMILES string of the molecule is CCC1(CC)C=C(c2ccc(-c3ccccc3)c(-c3ccccc3)c2)C=C2C=c3cc4c(cc3=C21)-c1ccc(-c2ccc(-c3ccccc3)c(-c3ccccc3)c2)cc1C4(CC)CC. The van der Waals surface area contributed by atoms with E-state index in [0.29, 0.717) is 0 Å². The van der Waals surface area contributed by atoms with Crippen LogP contribution in [0.1, 0.15) is 70.1 Å². The molecule has 0 saturated heterocycles. The Kier molecular flexibility index (Phi) is 9.92. The van der Waals surface area contributed by atoms with Gasteiger partial charge < -0.3 is 0 Å². The molecule has 310 valence electrons. The van der Waals surface area contributed by atoms with Gasteiger partial charge in [-0.3, -0.25) is 0 Å². The summed E-state index contributed by atoms with van der Waals surface area (Å²) in [4.78, 5) is 0. The summed E-state index contributed by atoms with van der Waals surface area (Å²) in [6.45, 7) is 9.57. The van der Waals surface area contributed by atoms with Crippen LogP contribution in [-0.2, 0) is 5.41 Å². The molecule has 0 bridgehead atoms. The fraction of sp³-hybridized carbons (Fsp3) is 0.156. The van der Waals surface area contributed by atoms with Crippen LogP contribution in [0.5, 0.6) is 0 Å². The first-order valence-electron chi connectivity index (χ1n) is 23.5. The van der Waals surface area contributed by atoms with Crippen molar-refractivity contribution >= 4 is 17.2 Å². The van der Waals surface area contributed by atoms with Gasteiger partial charge >= 0.3 is 0 Å². The molecule has 8 aromatic rings. The molecular weight excluding hydrogens is 769 g/mol. The Morgan fingerprint density at radius 1 is 0.328 bits per heavy atom. The van der Waals surface area contributed by atoms with E-state index in [9.17, 15) is 0 Å². The molecule has 0 atom stereocenters. The van der Waals surface area contributed by atoms with Crippen LogP contribution in [0.2, 0.25) is 0 Å². The van der Waals surface area contributed by atoms with Crippen molar-refractivity contribution < 1.29 is 0 Å². The summed E-state index contributed by atoms with van der Waals surface area (Å²) in [5, 5.41) is 2.78. The van der Waals surface area contributed by atoms with E-state index in [1.165, 1.54) is 111 Å². The van der Waals surface area contributed by atoms with E-state index in [0.717, 1.165) is 25.7 Å². The second kappa shape index (κ2) is 16.0. The molecule has 11 rings (SSSR count). The smallest absolute Gasteiger partial charge is 0.0210 e. The lowest BCUT2D eigenvalue weighted by atomic mass is 9.68. The average Bonchev–Trinajstić information content (AvgIpc) is 3.88. The van der Waals surface area contributed by atoms with Crippen molar-refractivity contribution in [2.75, 3.05) is 0 Å². The van der Waals surface area contributed by atoms with E-state index in [2.05, 4.69) is 234 Å². The Labute approximate surface area is 379 Å². The van der Waals surface area contributed by atoms with Gasteiger partial charge in [0.25, 0.3) is 0 Å². The fourth-order valence-electron chi connectivity index (χ4n) is 11.6. The molecule has 0 fully saturated rings. The zero-order valence-corrected chi connectivity index (χ0v) is 37.5. The van der Waals surface area contributed by atoms with Crippen LogP contribution in [0.3, 0.4) is 0 Å². The molecule has 0 heterocycles. The molecule has 0 saturated carbocycles. The predicted octanol–water partition coefficient (Wildman–Crippen LogP) is 15.9. The van der Waals surface area contributed by atoms with E-state index in [-0.39, 0.29) is 10.8 Å². The highest BCUT2D eigenvalue weighted by Gasteiger charge is 2.42. The van der Waals surface area contributed by atoms with Gasteiger partial charge in [-0.25, -0.2) is 0 Å². The number of allylic oxidation sites excluding steroid dienone is 4. The van der Waals surface area contributed by atoms with Gasteiger partial charge in [0.2, 0.25) is 0 Å². The van der Waals surface area contributed by atoms with Gasteiger partial charge in [0, 0.05) is 10.8 Å². The molecule has 64 heavy (non-hydrogen) atoms. The molecule has 0 nitrogen and oxygen atoms in total. The quantitative estimate of drug-likeness (QED) is 0.129. The van der Waals surface area contributed by atoms with Gasteiger partial charge in [-0.15, -0.1) is 0 Å². The highest BCUT2D eigenvalue weighted by atomic mass is 14.5. The Morgan fingerprint density at radius 3 is 1.30 bits per heavy atom. The van der Waals surface area contributed by atoms with Crippen LogP contribution < -0.4 is 10.4 Å². The first kappa shape index (κ1) is 39.8. The summed E-state index contributed by atoms with van der Waals surface area (Å²) >= 11 is 0. The van der Waals surface area contributed by atoms with Crippen LogP contribution in [0, 0.1) is 5.41 Å². The number of hydrogen-bond donors (Lipinski definition) is 0. The van der Waals surface area contributed by atoms with E-state index in [1.807, 2.05) is 0 Å². The maximum absolute atomic E-state index is 2.61. The van der Waals surface area contributed by atoms with Gasteiger partial charge in [-0.05, 0) is 179 Å². The van der Waals surface area contributed by atoms with E-state index >= 15 is 0 Å². The van der Waals surface area contributed by atoms with Crippen LogP contribution in [0.4, 0.5) is 0 Å². The normalized spacial score (nSPS) is 15.0. The number of hydrogen-bond acceptors (Lipinski definition) is 0. The molecule has 0 unspecified atom stereocenters. The zero-order chi connectivity index (χ0) is 43.4. The highest BCUT2D eigenvalue weighted by Crippen LogP contribution is 2.54. The largest absolute Gasteiger partial charge is 0.0660 e. The Hall–Kier alpha value is -7.02. The van der Waals surface area contributed by atoms with Crippen molar-refractivity contribution in [2.24, 2.45) is 5.41 Å². The van der Waals surface area contributed by atoms with Gasteiger partial charge in [0.05, 0.1) is 0 Å². The van der Waals surface area contributed by atoms with E-state index in [4.69, 9.17) is 0 Å². The summed E-state index contributed by atoms with van der Waals surface area (Å²) in [7, 11) is 0. The molecule has 3 aliphatic carbocycles. The lowest BCUT2D eigenvalue weighted by Crippen LogP contribution is -2.32. The number of fused-ring (bicyclic) bond motifs is 5. The van der Waals surface area contributed by atoms with Crippen LogP contribution in [0.15, 0.2) is 206 Å². The van der Waals surface area contributed by atoms with Crippen molar-refractivity contribution in [1.82, 2.24) is 0 Å². The van der Waals surface area contributed by atoms with Gasteiger partial charge in [-0.1, -0.05) is 191 Å². The Morgan fingerprint density at radius 2 is 0.781 bits per heavy atom. The van der Waals surface area contributed by atoms with Gasteiger partial charge in [0.15, 0.2) is 0 Å². The molecule has 0 aliphatic heterocycles. The minimum absolute atomic E-state index is 0.0626. The average molecular weight is 823 g/mol. The topological polar surface area (TPSA) is 0 Å². The fourth-order valence-corrected chi connectivity index (χ4v) is 11.6. The third-order valence-corrected chi connectivity index (χ3v) is 15.2. The lowest BCUT2D eigenvalue weighted by Gasteiger charge is -2.35. The van der Waals surface area contributed by atoms with Crippen molar-refractivity contribution in [3.63, 3.8) is 0 Å². The number of rotatable bonds is 10.